The van der Waals surface area contributed by atoms with Crippen LogP contribution in [0.1, 0.15) is 25.0 Å². The fourth-order valence-electron chi connectivity index (χ4n) is 2.67. The predicted molar refractivity (Wildman–Crippen MR) is 109 cm³/mol. The van der Waals surface area contributed by atoms with Crippen LogP contribution in [0, 0.1) is 0 Å². The Bertz CT molecular complexity index is 748. The summed E-state index contributed by atoms with van der Waals surface area (Å²) in [5.41, 5.74) is 2.85. The molecule has 2 aromatic rings. The zero-order chi connectivity index (χ0) is 18.4. The number of Topliss-reactive ketones (excluding diaryl/α,β-unsaturated/α-hetero) is 1. The first-order valence-corrected chi connectivity index (χ1v) is 9.73. The highest BCUT2D eigenvalue weighted by molar-refractivity contribution is 8.05. The second kappa shape index (κ2) is 8.77. The number of rotatable bonds is 6. The van der Waals surface area contributed by atoms with Crippen molar-refractivity contribution in [3.8, 4) is 11.5 Å². The fraction of sp³-hybridized carbons (Fsp3) is 0.227. The van der Waals surface area contributed by atoms with E-state index in [4.69, 9.17) is 9.47 Å². The molecule has 0 unspecified atom stereocenters. The summed E-state index contributed by atoms with van der Waals surface area (Å²) in [5.74, 6) is 2.50. The molecule has 0 saturated carbocycles. The Hall–Kier alpha value is -2.46. The molecule has 2 aromatic carbocycles. The number of benzene rings is 2. The van der Waals surface area contributed by atoms with E-state index in [9.17, 15) is 4.79 Å². The molecule has 1 saturated heterocycles. The second-order valence-electron chi connectivity index (χ2n) is 5.80. The van der Waals surface area contributed by atoms with Gasteiger partial charge >= 0.3 is 0 Å². The van der Waals surface area contributed by atoms with E-state index in [1.165, 1.54) is 0 Å². The lowest BCUT2D eigenvalue weighted by Crippen LogP contribution is -1.96. The van der Waals surface area contributed by atoms with Gasteiger partial charge in [-0.25, -0.2) is 0 Å². The van der Waals surface area contributed by atoms with E-state index in [2.05, 4.69) is 0 Å². The molecule has 0 aromatic heterocycles. The maximum absolute atomic E-state index is 12.6. The SMILES string of the molecule is CCOc1ccc(C=C2CSC(=Cc3ccc(OCC)cc3)C2=O)cc1. The zero-order valence-electron chi connectivity index (χ0n) is 15.0. The number of allylic oxidation sites excluding steroid dienone is 1. The number of ether oxygens (including phenoxy) is 2. The highest BCUT2D eigenvalue weighted by Gasteiger charge is 2.23. The number of carbonyl (C=O) groups is 1. The van der Waals surface area contributed by atoms with E-state index in [1.807, 2.05) is 74.5 Å². The molecule has 134 valence electrons. The van der Waals surface area contributed by atoms with Gasteiger partial charge < -0.3 is 9.47 Å². The molecule has 0 N–H and O–H groups in total. The normalized spacial score (nSPS) is 17.1. The largest absolute Gasteiger partial charge is 0.494 e. The molecule has 1 heterocycles. The van der Waals surface area contributed by atoms with Crippen LogP contribution in [-0.4, -0.2) is 24.7 Å². The zero-order valence-corrected chi connectivity index (χ0v) is 15.8. The maximum atomic E-state index is 12.6. The van der Waals surface area contributed by atoms with Crippen molar-refractivity contribution in [3.05, 3.63) is 70.1 Å². The molecular formula is C22H22O3S. The molecule has 1 aliphatic heterocycles. The summed E-state index contributed by atoms with van der Waals surface area (Å²) in [6, 6.07) is 15.6. The predicted octanol–water partition coefficient (Wildman–Crippen LogP) is 5.22. The summed E-state index contributed by atoms with van der Waals surface area (Å²) in [5, 5.41) is 0. The minimum absolute atomic E-state index is 0.109. The maximum Gasteiger partial charge on any atom is 0.196 e. The van der Waals surface area contributed by atoms with Crippen LogP contribution in [0.4, 0.5) is 0 Å². The minimum Gasteiger partial charge on any atom is -0.494 e. The summed E-state index contributed by atoms with van der Waals surface area (Å²) in [4.78, 5) is 13.4. The van der Waals surface area contributed by atoms with Crippen LogP contribution < -0.4 is 9.47 Å². The first kappa shape index (κ1) is 18.3. The molecule has 0 atom stereocenters. The van der Waals surface area contributed by atoms with Gasteiger partial charge in [-0.3, -0.25) is 4.79 Å². The second-order valence-corrected chi connectivity index (χ2v) is 6.82. The van der Waals surface area contributed by atoms with Gasteiger partial charge in [0, 0.05) is 11.3 Å². The van der Waals surface area contributed by atoms with Crippen molar-refractivity contribution in [2.75, 3.05) is 19.0 Å². The summed E-state index contributed by atoms with van der Waals surface area (Å²) >= 11 is 1.59. The van der Waals surface area contributed by atoms with Gasteiger partial charge in [0.05, 0.1) is 18.1 Å². The Morgan fingerprint density at radius 2 is 1.35 bits per heavy atom. The summed E-state index contributed by atoms with van der Waals surface area (Å²) in [6.45, 7) is 5.22. The highest BCUT2D eigenvalue weighted by atomic mass is 32.2. The van der Waals surface area contributed by atoms with Crippen molar-refractivity contribution in [2.24, 2.45) is 0 Å². The monoisotopic (exact) mass is 366 g/mol. The van der Waals surface area contributed by atoms with Gasteiger partial charge in [-0.2, -0.15) is 0 Å². The van der Waals surface area contributed by atoms with Gasteiger partial charge in [0.1, 0.15) is 11.5 Å². The smallest absolute Gasteiger partial charge is 0.196 e. The van der Waals surface area contributed by atoms with Gasteiger partial charge in [-0.1, -0.05) is 24.3 Å². The van der Waals surface area contributed by atoms with E-state index in [-0.39, 0.29) is 5.78 Å². The first-order valence-electron chi connectivity index (χ1n) is 8.75. The van der Waals surface area contributed by atoms with Crippen molar-refractivity contribution in [2.45, 2.75) is 13.8 Å². The average Bonchev–Trinajstić information content (AvgIpc) is 2.99. The average molecular weight is 366 g/mol. The van der Waals surface area contributed by atoms with Crippen molar-refractivity contribution in [3.63, 3.8) is 0 Å². The number of hydrogen-bond donors (Lipinski definition) is 0. The van der Waals surface area contributed by atoms with Crippen LogP contribution in [0.5, 0.6) is 11.5 Å². The molecule has 0 spiro atoms. The van der Waals surface area contributed by atoms with Gasteiger partial charge in [-0.05, 0) is 61.4 Å². The van der Waals surface area contributed by atoms with E-state index in [0.717, 1.165) is 33.1 Å². The molecule has 0 aliphatic carbocycles. The Morgan fingerprint density at radius 3 is 1.85 bits per heavy atom. The van der Waals surface area contributed by atoms with Crippen LogP contribution in [0.15, 0.2) is 59.0 Å². The van der Waals surface area contributed by atoms with Crippen molar-refractivity contribution >= 4 is 29.7 Å². The third-order valence-electron chi connectivity index (χ3n) is 3.92. The molecule has 3 nitrogen and oxygen atoms in total. The Morgan fingerprint density at radius 1 is 0.846 bits per heavy atom. The van der Waals surface area contributed by atoms with E-state index in [0.29, 0.717) is 19.0 Å². The Kier molecular flexibility index (Phi) is 6.18. The van der Waals surface area contributed by atoms with Gasteiger partial charge in [0.15, 0.2) is 5.78 Å². The molecule has 0 amide bonds. The molecule has 1 aliphatic rings. The number of ketones is 1. The number of hydrogen-bond acceptors (Lipinski definition) is 4. The topological polar surface area (TPSA) is 35.5 Å². The molecule has 26 heavy (non-hydrogen) atoms. The number of carbonyl (C=O) groups excluding carboxylic acids is 1. The number of thioether (sulfide) groups is 1. The molecule has 1 fully saturated rings. The fourth-order valence-corrected chi connectivity index (χ4v) is 3.67. The standard InChI is InChI=1S/C22H22O3S/c1-3-24-19-9-5-16(6-10-19)13-18-15-26-21(22(18)23)14-17-7-11-20(12-8-17)25-4-2/h5-14H,3-4,15H2,1-2H3. The minimum atomic E-state index is 0.109. The van der Waals surface area contributed by atoms with Crippen LogP contribution in [0.2, 0.25) is 0 Å². The lowest BCUT2D eigenvalue weighted by Gasteiger charge is -2.03. The Balaban J connectivity index is 1.72. The third kappa shape index (κ3) is 4.58. The van der Waals surface area contributed by atoms with Crippen LogP contribution in [-0.2, 0) is 4.79 Å². The van der Waals surface area contributed by atoms with Crippen molar-refractivity contribution in [1.82, 2.24) is 0 Å². The van der Waals surface area contributed by atoms with Gasteiger partial charge in [0.2, 0.25) is 0 Å². The quantitative estimate of drug-likeness (QED) is 0.656. The third-order valence-corrected chi connectivity index (χ3v) is 4.99. The molecule has 0 radical (unpaired) electrons. The van der Waals surface area contributed by atoms with Gasteiger partial charge in [0.25, 0.3) is 0 Å². The van der Waals surface area contributed by atoms with Crippen LogP contribution in [0.25, 0.3) is 12.2 Å². The van der Waals surface area contributed by atoms with Crippen LogP contribution in [0.3, 0.4) is 0 Å². The van der Waals surface area contributed by atoms with Crippen LogP contribution >= 0.6 is 11.8 Å². The van der Waals surface area contributed by atoms with E-state index in [1.54, 1.807) is 11.8 Å². The highest BCUT2D eigenvalue weighted by Crippen LogP contribution is 2.34. The van der Waals surface area contributed by atoms with Gasteiger partial charge in [-0.15, -0.1) is 11.8 Å². The lowest BCUT2D eigenvalue weighted by atomic mass is 10.1. The van der Waals surface area contributed by atoms with Crippen molar-refractivity contribution < 1.29 is 14.3 Å². The van der Waals surface area contributed by atoms with E-state index < -0.39 is 0 Å². The summed E-state index contributed by atoms with van der Waals surface area (Å²) in [6.07, 6.45) is 3.91. The first-order chi connectivity index (χ1) is 12.7. The molecule has 0 bridgehead atoms. The lowest BCUT2D eigenvalue weighted by molar-refractivity contribution is -0.111. The van der Waals surface area contributed by atoms with Crippen molar-refractivity contribution in [1.29, 1.82) is 0 Å². The Labute approximate surface area is 158 Å². The summed E-state index contributed by atoms with van der Waals surface area (Å²) < 4.78 is 10.9. The molecule has 4 heteroatoms. The molecule has 3 rings (SSSR count). The summed E-state index contributed by atoms with van der Waals surface area (Å²) in [7, 11) is 0. The van der Waals surface area contributed by atoms with E-state index >= 15 is 0 Å². The molecular weight excluding hydrogens is 344 g/mol.